The Bertz CT molecular complexity index is 439. The maximum atomic E-state index is 13.3. The summed E-state index contributed by atoms with van der Waals surface area (Å²) >= 11 is 0. The minimum atomic E-state index is -0.408. The summed E-state index contributed by atoms with van der Waals surface area (Å²) in [5, 5.41) is 0. The standard InChI is InChI=1S/C16H25FN2/c1-15(2,3)12-5-4-7-16(18,8-6-12)13-9-14(17)11-19-10-13/h9-12H,4-8,18H2,1-3H3. The Kier molecular flexibility index (Phi) is 3.95. The summed E-state index contributed by atoms with van der Waals surface area (Å²) in [6.07, 6.45) is 8.23. The molecule has 0 spiro atoms. The van der Waals surface area contributed by atoms with Crippen molar-refractivity contribution in [2.75, 3.05) is 0 Å². The van der Waals surface area contributed by atoms with Crippen molar-refractivity contribution in [3.05, 3.63) is 29.8 Å². The van der Waals surface area contributed by atoms with Crippen molar-refractivity contribution >= 4 is 0 Å². The van der Waals surface area contributed by atoms with Gasteiger partial charge in [0.2, 0.25) is 0 Å². The smallest absolute Gasteiger partial charge is 0.141 e. The number of hydrogen-bond acceptors (Lipinski definition) is 2. The zero-order valence-corrected chi connectivity index (χ0v) is 12.2. The normalized spacial score (nSPS) is 29.0. The summed E-state index contributed by atoms with van der Waals surface area (Å²) in [7, 11) is 0. The monoisotopic (exact) mass is 264 g/mol. The summed E-state index contributed by atoms with van der Waals surface area (Å²) < 4.78 is 13.3. The molecule has 1 aromatic heterocycles. The van der Waals surface area contributed by atoms with Gasteiger partial charge in [0.1, 0.15) is 5.82 Å². The highest BCUT2D eigenvalue weighted by atomic mass is 19.1. The first kappa shape index (κ1) is 14.4. The third kappa shape index (κ3) is 3.33. The van der Waals surface area contributed by atoms with Crippen LogP contribution < -0.4 is 5.73 Å². The van der Waals surface area contributed by atoms with Gasteiger partial charge in [0.05, 0.1) is 6.20 Å². The molecule has 1 aliphatic rings. The highest BCUT2D eigenvalue weighted by Crippen LogP contribution is 2.42. The van der Waals surface area contributed by atoms with E-state index in [1.54, 1.807) is 12.3 Å². The molecule has 19 heavy (non-hydrogen) atoms. The number of hydrogen-bond donors (Lipinski definition) is 1. The van der Waals surface area contributed by atoms with E-state index >= 15 is 0 Å². The summed E-state index contributed by atoms with van der Waals surface area (Å²) in [5.41, 5.74) is 7.31. The molecule has 2 unspecified atom stereocenters. The van der Waals surface area contributed by atoms with Crippen molar-refractivity contribution in [1.82, 2.24) is 4.98 Å². The van der Waals surface area contributed by atoms with Crippen LogP contribution in [-0.4, -0.2) is 4.98 Å². The first-order chi connectivity index (χ1) is 8.81. The highest BCUT2D eigenvalue weighted by Gasteiger charge is 2.35. The van der Waals surface area contributed by atoms with Gasteiger partial charge in [-0.15, -0.1) is 0 Å². The Morgan fingerprint density at radius 3 is 2.63 bits per heavy atom. The van der Waals surface area contributed by atoms with Gasteiger partial charge >= 0.3 is 0 Å². The Morgan fingerprint density at radius 2 is 2.00 bits per heavy atom. The number of pyridine rings is 1. The fourth-order valence-corrected chi connectivity index (χ4v) is 3.20. The van der Waals surface area contributed by atoms with Gasteiger partial charge in [-0.3, -0.25) is 4.98 Å². The lowest BCUT2D eigenvalue weighted by atomic mass is 9.76. The lowest BCUT2D eigenvalue weighted by Crippen LogP contribution is -2.36. The SMILES string of the molecule is CC(C)(C)C1CCCC(N)(c2cncc(F)c2)CC1. The first-order valence-corrected chi connectivity index (χ1v) is 7.21. The van der Waals surface area contributed by atoms with Crippen LogP contribution in [0.3, 0.4) is 0 Å². The van der Waals surface area contributed by atoms with Crippen LogP contribution in [0.4, 0.5) is 4.39 Å². The third-order valence-electron chi connectivity index (χ3n) is 4.62. The zero-order valence-electron chi connectivity index (χ0n) is 12.2. The lowest BCUT2D eigenvalue weighted by molar-refractivity contribution is 0.210. The van der Waals surface area contributed by atoms with Crippen LogP contribution in [-0.2, 0) is 5.54 Å². The van der Waals surface area contributed by atoms with Gasteiger partial charge in [0.15, 0.2) is 0 Å². The quantitative estimate of drug-likeness (QED) is 0.779. The molecule has 1 heterocycles. The first-order valence-electron chi connectivity index (χ1n) is 7.21. The Hall–Kier alpha value is -0.960. The van der Waals surface area contributed by atoms with E-state index in [4.69, 9.17) is 5.73 Å². The number of halogens is 1. The van der Waals surface area contributed by atoms with E-state index in [9.17, 15) is 4.39 Å². The predicted octanol–water partition coefficient (Wildman–Crippen LogP) is 4.00. The third-order valence-corrected chi connectivity index (χ3v) is 4.62. The Morgan fingerprint density at radius 1 is 1.26 bits per heavy atom. The number of nitrogens with zero attached hydrogens (tertiary/aromatic N) is 1. The van der Waals surface area contributed by atoms with Gasteiger partial charge < -0.3 is 5.73 Å². The van der Waals surface area contributed by atoms with Crippen molar-refractivity contribution in [1.29, 1.82) is 0 Å². The zero-order chi connectivity index (χ0) is 14.1. The molecule has 0 aromatic carbocycles. The van der Waals surface area contributed by atoms with Crippen LogP contribution >= 0.6 is 0 Å². The highest BCUT2D eigenvalue weighted by molar-refractivity contribution is 5.21. The fraction of sp³-hybridized carbons (Fsp3) is 0.688. The molecule has 1 fully saturated rings. The number of nitrogens with two attached hydrogens (primary N) is 1. The van der Waals surface area contributed by atoms with E-state index < -0.39 is 5.54 Å². The largest absolute Gasteiger partial charge is 0.321 e. The molecule has 2 rings (SSSR count). The molecule has 0 radical (unpaired) electrons. The minimum Gasteiger partial charge on any atom is -0.321 e. The molecule has 0 bridgehead atoms. The van der Waals surface area contributed by atoms with E-state index in [0.717, 1.165) is 31.2 Å². The van der Waals surface area contributed by atoms with Crippen LogP contribution in [0, 0.1) is 17.2 Å². The molecule has 106 valence electrons. The second-order valence-corrected chi connectivity index (χ2v) is 7.04. The average molecular weight is 264 g/mol. The maximum absolute atomic E-state index is 13.3. The van der Waals surface area contributed by atoms with Crippen LogP contribution in [0.15, 0.2) is 18.5 Å². The van der Waals surface area contributed by atoms with Gasteiger partial charge in [-0.05, 0) is 48.6 Å². The van der Waals surface area contributed by atoms with E-state index in [2.05, 4.69) is 25.8 Å². The van der Waals surface area contributed by atoms with Crippen molar-refractivity contribution < 1.29 is 4.39 Å². The maximum Gasteiger partial charge on any atom is 0.141 e. The Balaban J connectivity index is 2.18. The second-order valence-electron chi connectivity index (χ2n) is 7.04. The van der Waals surface area contributed by atoms with Crippen molar-refractivity contribution in [3.63, 3.8) is 0 Å². The molecular weight excluding hydrogens is 239 g/mol. The molecule has 0 aliphatic heterocycles. The van der Waals surface area contributed by atoms with E-state index in [1.165, 1.54) is 12.6 Å². The molecular formula is C16H25FN2. The molecule has 2 N–H and O–H groups in total. The molecule has 1 aliphatic carbocycles. The molecule has 0 amide bonds. The summed E-state index contributed by atoms with van der Waals surface area (Å²) in [5.74, 6) is 0.401. The average Bonchev–Trinajstić information content (AvgIpc) is 2.52. The van der Waals surface area contributed by atoms with Crippen LogP contribution in [0.2, 0.25) is 0 Å². The van der Waals surface area contributed by atoms with Crippen molar-refractivity contribution in [3.8, 4) is 0 Å². The predicted molar refractivity (Wildman–Crippen MR) is 76.1 cm³/mol. The van der Waals surface area contributed by atoms with Gasteiger partial charge in [0, 0.05) is 11.7 Å². The molecule has 3 heteroatoms. The molecule has 1 aromatic rings. The second kappa shape index (κ2) is 5.20. The molecule has 1 saturated carbocycles. The minimum absolute atomic E-state index is 0.293. The lowest BCUT2D eigenvalue weighted by Gasteiger charge is -2.31. The molecule has 2 nitrogen and oxygen atoms in total. The molecule has 0 saturated heterocycles. The van der Waals surface area contributed by atoms with Gasteiger partial charge in [-0.25, -0.2) is 4.39 Å². The van der Waals surface area contributed by atoms with Gasteiger partial charge in [0.25, 0.3) is 0 Å². The summed E-state index contributed by atoms with van der Waals surface area (Å²) in [4.78, 5) is 3.95. The van der Waals surface area contributed by atoms with Crippen molar-refractivity contribution in [2.24, 2.45) is 17.1 Å². The van der Waals surface area contributed by atoms with E-state index in [0.29, 0.717) is 11.3 Å². The Labute approximate surface area is 115 Å². The summed E-state index contributed by atoms with van der Waals surface area (Å²) in [6, 6.07) is 1.55. The van der Waals surface area contributed by atoms with Crippen LogP contribution in [0.25, 0.3) is 0 Å². The van der Waals surface area contributed by atoms with Crippen LogP contribution in [0.1, 0.15) is 58.4 Å². The number of rotatable bonds is 1. The van der Waals surface area contributed by atoms with Gasteiger partial charge in [-0.1, -0.05) is 27.2 Å². The summed E-state index contributed by atoms with van der Waals surface area (Å²) in [6.45, 7) is 6.89. The van der Waals surface area contributed by atoms with Crippen molar-refractivity contribution in [2.45, 2.75) is 58.4 Å². The van der Waals surface area contributed by atoms with Gasteiger partial charge in [-0.2, -0.15) is 0 Å². The van der Waals surface area contributed by atoms with Crippen LogP contribution in [0.5, 0.6) is 0 Å². The van der Waals surface area contributed by atoms with E-state index in [1.807, 2.05) is 0 Å². The fourth-order valence-electron chi connectivity index (χ4n) is 3.20. The molecule has 2 atom stereocenters. The number of aromatic nitrogens is 1. The topological polar surface area (TPSA) is 38.9 Å². The van der Waals surface area contributed by atoms with E-state index in [-0.39, 0.29) is 5.82 Å².